The van der Waals surface area contributed by atoms with Gasteiger partial charge in [0.05, 0.1) is 12.7 Å². The molecule has 3 heteroatoms. The molecule has 0 aliphatic rings. The molecule has 0 aromatic rings. The molecular formula is C9H19O3. The molecule has 0 amide bonds. The van der Waals surface area contributed by atoms with Gasteiger partial charge in [-0.05, 0) is 27.7 Å². The van der Waals surface area contributed by atoms with E-state index in [0.29, 0.717) is 13.2 Å². The van der Waals surface area contributed by atoms with E-state index in [2.05, 4.69) is 6.92 Å². The van der Waals surface area contributed by atoms with Crippen molar-refractivity contribution in [3.8, 4) is 0 Å². The van der Waals surface area contributed by atoms with Gasteiger partial charge < -0.3 is 14.2 Å². The lowest BCUT2D eigenvalue weighted by molar-refractivity contribution is -0.375. The highest BCUT2D eigenvalue weighted by Crippen LogP contribution is 2.16. The fraction of sp³-hybridized carbons (Fsp3) is 0.889. The number of hydrogen-bond donors (Lipinski definition) is 0. The van der Waals surface area contributed by atoms with Gasteiger partial charge >= 0.3 is 0 Å². The molecule has 12 heavy (non-hydrogen) atoms. The van der Waals surface area contributed by atoms with Crippen molar-refractivity contribution < 1.29 is 14.2 Å². The second-order valence-electron chi connectivity index (χ2n) is 2.81. The Morgan fingerprint density at radius 3 is 2.25 bits per heavy atom. The van der Waals surface area contributed by atoms with Crippen LogP contribution in [0.25, 0.3) is 0 Å². The van der Waals surface area contributed by atoms with Crippen molar-refractivity contribution in [2.24, 2.45) is 0 Å². The normalized spacial score (nSPS) is 12.5. The second-order valence-corrected chi connectivity index (χ2v) is 2.81. The molecule has 0 saturated carbocycles. The lowest BCUT2D eigenvalue weighted by Gasteiger charge is -2.30. The Labute approximate surface area is 75.0 Å². The molecule has 0 saturated heterocycles. The van der Waals surface area contributed by atoms with Crippen molar-refractivity contribution in [2.45, 2.75) is 39.8 Å². The van der Waals surface area contributed by atoms with Crippen LogP contribution < -0.4 is 0 Å². The monoisotopic (exact) mass is 175 g/mol. The largest absolute Gasteiger partial charge is 0.328 e. The van der Waals surface area contributed by atoms with Crippen LogP contribution in [0.4, 0.5) is 0 Å². The van der Waals surface area contributed by atoms with E-state index in [1.807, 2.05) is 20.8 Å². The first-order chi connectivity index (χ1) is 5.54. The average Bonchev–Trinajstić information content (AvgIpc) is 1.85. The maximum Gasteiger partial charge on any atom is 0.280 e. The Kier molecular flexibility index (Phi) is 5.46. The van der Waals surface area contributed by atoms with Crippen molar-refractivity contribution in [3.05, 3.63) is 6.92 Å². The lowest BCUT2D eigenvalue weighted by atomic mass is 10.4. The minimum absolute atomic E-state index is 0.0769. The van der Waals surface area contributed by atoms with Crippen LogP contribution in [0.5, 0.6) is 0 Å². The van der Waals surface area contributed by atoms with E-state index < -0.39 is 5.97 Å². The van der Waals surface area contributed by atoms with Gasteiger partial charge in [-0.25, -0.2) is 0 Å². The Morgan fingerprint density at radius 1 is 1.33 bits per heavy atom. The van der Waals surface area contributed by atoms with Gasteiger partial charge in [0, 0.05) is 13.5 Å². The van der Waals surface area contributed by atoms with Gasteiger partial charge in [-0.3, -0.25) is 0 Å². The average molecular weight is 175 g/mol. The second kappa shape index (κ2) is 5.51. The van der Waals surface area contributed by atoms with Gasteiger partial charge in [0.25, 0.3) is 5.97 Å². The summed E-state index contributed by atoms with van der Waals surface area (Å²) >= 11 is 0. The molecule has 0 fully saturated rings. The zero-order valence-electron chi connectivity index (χ0n) is 8.42. The molecule has 0 aliphatic carbocycles. The topological polar surface area (TPSA) is 27.7 Å². The maximum atomic E-state index is 5.43. The summed E-state index contributed by atoms with van der Waals surface area (Å²) in [7, 11) is 0. The first-order valence-electron chi connectivity index (χ1n) is 4.29. The summed E-state index contributed by atoms with van der Waals surface area (Å²) in [4.78, 5) is 0. The van der Waals surface area contributed by atoms with E-state index in [4.69, 9.17) is 14.2 Å². The third-order valence-corrected chi connectivity index (χ3v) is 1.22. The van der Waals surface area contributed by atoms with Crippen LogP contribution in [0.3, 0.4) is 0 Å². The minimum Gasteiger partial charge on any atom is -0.328 e. The van der Waals surface area contributed by atoms with Crippen molar-refractivity contribution >= 4 is 0 Å². The van der Waals surface area contributed by atoms with Crippen molar-refractivity contribution in [2.75, 3.05) is 13.2 Å². The Bertz CT molecular complexity index is 106. The predicted octanol–water partition coefficient (Wildman–Crippen LogP) is 1.97. The predicted molar refractivity (Wildman–Crippen MR) is 47.6 cm³/mol. The summed E-state index contributed by atoms with van der Waals surface area (Å²) < 4.78 is 16.0. The van der Waals surface area contributed by atoms with Gasteiger partial charge in [-0.1, -0.05) is 0 Å². The molecule has 0 aliphatic heterocycles. The van der Waals surface area contributed by atoms with Crippen molar-refractivity contribution in [1.82, 2.24) is 0 Å². The van der Waals surface area contributed by atoms with Gasteiger partial charge in [-0.2, -0.15) is 0 Å². The zero-order valence-corrected chi connectivity index (χ0v) is 8.42. The SMILES string of the molecule is [CH2]COC(C)(OCC)OC(C)C. The van der Waals surface area contributed by atoms with Gasteiger partial charge in [0.15, 0.2) is 0 Å². The molecule has 0 rings (SSSR count). The molecule has 0 aromatic carbocycles. The van der Waals surface area contributed by atoms with Crippen LogP contribution in [0.1, 0.15) is 27.7 Å². The van der Waals surface area contributed by atoms with E-state index in [1.54, 1.807) is 6.92 Å². The molecule has 1 unspecified atom stereocenters. The Hall–Kier alpha value is -0.120. The van der Waals surface area contributed by atoms with E-state index in [1.165, 1.54) is 0 Å². The number of rotatable bonds is 6. The Balaban J connectivity index is 3.98. The summed E-state index contributed by atoms with van der Waals surface area (Å²) in [5, 5.41) is 0. The zero-order chi connectivity index (χ0) is 9.61. The lowest BCUT2D eigenvalue weighted by Crippen LogP contribution is -2.38. The number of ether oxygens (including phenoxy) is 3. The molecule has 0 heterocycles. The molecule has 0 aromatic heterocycles. The van der Waals surface area contributed by atoms with Crippen LogP contribution in [0.2, 0.25) is 0 Å². The van der Waals surface area contributed by atoms with Crippen molar-refractivity contribution in [1.29, 1.82) is 0 Å². The standard InChI is InChI=1S/C9H19O3/c1-6-10-9(5,11-7-2)12-8(3)4/h8H,1,6-7H2,2-5H3. The van der Waals surface area contributed by atoms with Crippen LogP contribution in [0, 0.1) is 6.92 Å². The maximum absolute atomic E-state index is 5.43. The van der Waals surface area contributed by atoms with E-state index in [-0.39, 0.29) is 6.10 Å². The van der Waals surface area contributed by atoms with E-state index >= 15 is 0 Å². The summed E-state index contributed by atoms with van der Waals surface area (Å²) in [6.45, 7) is 12.0. The quantitative estimate of drug-likeness (QED) is 0.578. The smallest absolute Gasteiger partial charge is 0.280 e. The molecule has 3 nitrogen and oxygen atoms in total. The molecular weight excluding hydrogens is 156 g/mol. The summed E-state index contributed by atoms with van der Waals surface area (Å²) in [6.07, 6.45) is 0.0769. The van der Waals surface area contributed by atoms with Gasteiger partial charge in [-0.15, -0.1) is 0 Å². The highest BCUT2D eigenvalue weighted by atomic mass is 16.9. The van der Waals surface area contributed by atoms with E-state index in [9.17, 15) is 0 Å². The molecule has 1 radical (unpaired) electrons. The van der Waals surface area contributed by atoms with E-state index in [0.717, 1.165) is 0 Å². The molecule has 1 atom stereocenters. The third-order valence-electron chi connectivity index (χ3n) is 1.22. The summed E-state index contributed by atoms with van der Waals surface area (Å²) in [5.41, 5.74) is 0. The summed E-state index contributed by atoms with van der Waals surface area (Å²) in [5.74, 6) is -0.940. The van der Waals surface area contributed by atoms with Crippen LogP contribution >= 0.6 is 0 Å². The minimum atomic E-state index is -0.940. The first kappa shape index (κ1) is 11.9. The fourth-order valence-corrected chi connectivity index (χ4v) is 0.985. The van der Waals surface area contributed by atoms with Crippen LogP contribution in [-0.4, -0.2) is 25.3 Å². The molecule has 73 valence electrons. The van der Waals surface area contributed by atoms with Gasteiger partial charge in [0.1, 0.15) is 0 Å². The first-order valence-corrected chi connectivity index (χ1v) is 4.29. The fourth-order valence-electron chi connectivity index (χ4n) is 0.985. The highest BCUT2D eigenvalue weighted by Gasteiger charge is 2.26. The highest BCUT2D eigenvalue weighted by molar-refractivity contribution is 4.51. The third kappa shape index (κ3) is 4.70. The van der Waals surface area contributed by atoms with Crippen LogP contribution in [-0.2, 0) is 14.2 Å². The molecule has 0 N–H and O–H groups in total. The summed E-state index contributed by atoms with van der Waals surface area (Å²) in [6, 6.07) is 0. The Morgan fingerprint density at radius 2 is 1.92 bits per heavy atom. The van der Waals surface area contributed by atoms with Gasteiger partial charge in [0.2, 0.25) is 0 Å². The molecule has 0 spiro atoms. The van der Waals surface area contributed by atoms with Crippen LogP contribution in [0.15, 0.2) is 0 Å². The molecule has 0 bridgehead atoms. The number of hydrogen-bond acceptors (Lipinski definition) is 3. The van der Waals surface area contributed by atoms with Crippen molar-refractivity contribution in [3.63, 3.8) is 0 Å².